The number of carboxylic acid groups (broad SMARTS) is 1. The number of carbonyl (C=O) groups is 1. The Kier molecular flexibility index (Phi) is 3.31. The molecular formula is C14H17N3O3. The molecule has 1 saturated heterocycles. The number of aromatic amines is 1. The first kappa shape index (κ1) is 12.9. The van der Waals surface area contributed by atoms with Gasteiger partial charge < -0.3 is 15.0 Å². The third-order valence-corrected chi connectivity index (χ3v) is 3.88. The summed E-state index contributed by atoms with van der Waals surface area (Å²) in [6.45, 7) is 3.57. The van der Waals surface area contributed by atoms with Gasteiger partial charge in [-0.15, -0.1) is 0 Å². The molecule has 6 nitrogen and oxygen atoms in total. The van der Waals surface area contributed by atoms with Crippen LogP contribution in [0.4, 0.5) is 0 Å². The van der Waals surface area contributed by atoms with Gasteiger partial charge in [0, 0.05) is 13.1 Å². The number of fused-ring (bicyclic) bond motifs is 1. The molecular weight excluding hydrogens is 258 g/mol. The lowest BCUT2D eigenvalue weighted by molar-refractivity contribution is 0.0699. The van der Waals surface area contributed by atoms with E-state index in [9.17, 15) is 9.59 Å². The van der Waals surface area contributed by atoms with Crippen molar-refractivity contribution in [1.82, 2.24) is 14.5 Å². The lowest BCUT2D eigenvalue weighted by atomic mass is 10.2. The molecule has 1 fully saturated rings. The quantitative estimate of drug-likeness (QED) is 0.876. The Morgan fingerprint density at radius 1 is 1.25 bits per heavy atom. The molecule has 0 atom stereocenters. The molecule has 6 heteroatoms. The summed E-state index contributed by atoms with van der Waals surface area (Å²) in [5, 5.41) is 9.15. The molecule has 0 spiro atoms. The number of rotatable bonds is 4. The zero-order valence-electron chi connectivity index (χ0n) is 11.1. The predicted octanol–water partition coefficient (Wildman–Crippen LogP) is 1.12. The number of imidazole rings is 1. The Morgan fingerprint density at radius 2 is 2.00 bits per heavy atom. The minimum Gasteiger partial charge on any atom is -0.478 e. The van der Waals surface area contributed by atoms with Crippen molar-refractivity contribution in [3.05, 3.63) is 34.2 Å². The molecule has 106 valence electrons. The van der Waals surface area contributed by atoms with Gasteiger partial charge in [-0.2, -0.15) is 0 Å². The largest absolute Gasteiger partial charge is 0.478 e. The van der Waals surface area contributed by atoms with Gasteiger partial charge in [0.1, 0.15) is 0 Å². The number of H-pyrrole nitrogens is 1. The van der Waals surface area contributed by atoms with Crippen molar-refractivity contribution >= 4 is 17.0 Å². The standard InChI is InChI=1S/C14H17N3O3/c18-13(19)10-4-3-5-11-12(10)15-14(20)17(11)9-8-16-6-1-2-7-16/h3-5H,1-2,6-9H2,(H,15,20)(H,18,19). The first-order valence-corrected chi connectivity index (χ1v) is 6.84. The summed E-state index contributed by atoms with van der Waals surface area (Å²) in [7, 11) is 0. The van der Waals surface area contributed by atoms with Crippen LogP contribution in [0.3, 0.4) is 0 Å². The molecule has 1 aliphatic heterocycles. The minimum absolute atomic E-state index is 0.138. The number of nitrogens with zero attached hydrogens (tertiary/aromatic N) is 2. The number of aromatic carboxylic acids is 1. The number of hydrogen-bond acceptors (Lipinski definition) is 3. The maximum absolute atomic E-state index is 12.0. The van der Waals surface area contributed by atoms with Gasteiger partial charge in [-0.05, 0) is 38.1 Å². The van der Waals surface area contributed by atoms with E-state index in [1.807, 2.05) is 0 Å². The monoisotopic (exact) mass is 275 g/mol. The van der Waals surface area contributed by atoms with Gasteiger partial charge in [-0.1, -0.05) is 6.07 Å². The molecule has 0 aliphatic carbocycles. The van der Waals surface area contributed by atoms with E-state index in [4.69, 9.17) is 5.11 Å². The highest BCUT2D eigenvalue weighted by Gasteiger charge is 2.16. The molecule has 1 aromatic heterocycles. The molecule has 1 aliphatic rings. The Bertz CT molecular complexity index is 695. The van der Waals surface area contributed by atoms with Gasteiger partial charge >= 0.3 is 11.7 Å². The number of hydrogen-bond donors (Lipinski definition) is 2. The van der Waals surface area contributed by atoms with Crippen molar-refractivity contribution in [2.75, 3.05) is 19.6 Å². The summed E-state index contributed by atoms with van der Waals surface area (Å²) in [4.78, 5) is 28.2. The van der Waals surface area contributed by atoms with Crippen LogP contribution in [0.15, 0.2) is 23.0 Å². The van der Waals surface area contributed by atoms with Gasteiger partial charge in [0.05, 0.1) is 16.6 Å². The highest BCUT2D eigenvalue weighted by atomic mass is 16.4. The maximum atomic E-state index is 12.0. The highest BCUT2D eigenvalue weighted by molar-refractivity contribution is 6.00. The third kappa shape index (κ3) is 2.22. The molecule has 0 bridgehead atoms. The van der Waals surface area contributed by atoms with E-state index in [1.54, 1.807) is 16.7 Å². The number of carboxylic acids is 1. The van der Waals surface area contributed by atoms with Crippen LogP contribution in [-0.2, 0) is 6.54 Å². The summed E-state index contributed by atoms with van der Waals surface area (Å²) in [5.74, 6) is -1.02. The molecule has 0 unspecified atom stereocenters. The predicted molar refractivity (Wildman–Crippen MR) is 75.2 cm³/mol. The maximum Gasteiger partial charge on any atom is 0.337 e. The Morgan fingerprint density at radius 3 is 2.70 bits per heavy atom. The molecule has 2 N–H and O–H groups in total. The van der Waals surface area contributed by atoms with E-state index in [1.165, 1.54) is 18.9 Å². The second kappa shape index (κ2) is 5.13. The van der Waals surface area contributed by atoms with Crippen molar-refractivity contribution in [3.8, 4) is 0 Å². The van der Waals surface area contributed by atoms with E-state index in [2.05, 4.69) is 9.88 Å². The summed E-state index contributed by atoms with van der Waals surface area (Å²) in [5.41, 5.74) is 0.966. The fourth-order valence-corrected chi connectivity index (χ4v) is 2.83. The van der Waals surface area contributed by atoms with E-state index in [0.717, 1.165) is 19.6 Å². The van der Waals surface area contributed by atoms with E-state index < -0.39 is 5.97 Å². The van der Waals surface area contributed by atoms with Crippen molar-refractivity contribution in [2.24, 2.45) is 0 Å². The molecule has 3 rings (SSSR count). The van der Waals surface area contributed by atoms with E-state index >= 15 is 0 Å². The topological polar surface area (TPSA) is 78.3 Å². The number of aromatic nitrogens is 2. The van der Waals surface area contributed by atoms with Crippen molar-refractivity contribution in [1.29, 1.82) is 0 Å². The second-order valence-corrected chi connectivity index (χ2v) is 5.14. The third-order valence-electron chi connectivity index (χ3n) is 3.88. The van der Waals surface area contributed by atoms with E-state index in [0.29, 0.717) is 17.6 Å². The van der Waals surface area contributed by atoms with Crippen LogP contribution >= 0.6 is 0 Å². The Labute approximate surface area is 115 Å². The molecule has 2 aromatic rings. The average molecular weight is 275 g/mol. The second-order valence-electron chi connectivity index (χ2n) is 5.14. The van der Waals surface area contributed by atoms with Gasteiger partial charge in [-0.3, -0.25) is 4.57 Å². The molecule has 20 heavy (non-hydrogen) atoms. The minimum atomic E-state index is -1.02. The normalized spacial score (nSPS) is 16.0. The van der Waals surface area contributed by atoms with Gasteiger partial charge in [0.2, 0.25) is 0 Å². The number of nitrogens with one attached hydrogen (secondary N) is 1. The van der Waals surface area contributed by atoms with Crippen LogP contribution in [0.5, 0.6) is 0 Å². The summed E-state index contributed by atoms with van der Waals surface area (Å²) in [6.07, 6.45) is 2.43. The van der Waals surface area contributed by atoms with E-state index in [-0.39, 0.29) is 11.3 Å². The summed E-state index contributed by atoms with van der Waals surface area (Å²) >= 11 is 0. The lowest BCUT2D eigenvalue weighted by Gasteiger charge is -2.14. The zero-order valence-corrected chi connectivity index (χ0v) is 11.1. The first-order chi connectivity index (χ1) is 9.66. The summed E-state index contributed by atoms with van der Waals surface area (Å²) < 4.78 is 1.63. The van der Waals surface area contributed by atoms with Crippen LogP contribution in [0.2, 0.25) is 0 Å². The number of likely N-dealkylation sites (tertiary alicyclic amines) is 1. The lowest BCUT2D eigenvalue weighted by Crippen LogP contribution is -2.28. The fourth-order valence-electron chi connectivity index (χ4n) is 2.83. The number of benzene rings is 1. The molecule has 0 amide bonds. The van der Waals surface area contributed by atoms with Gasteiger partial charge in [0.25, 0.3) is 0 Å². The van der Waals surface area contributed by atoms with Crippen LogP contribution in [0.25, 0.3) is 11.0 Å². The smallest absolute Gasteiger partial charge is 0.337 e. The molecule has 2 heterocycles. The number of para-hydroxylation sites is 1. The molecule has 0 radical (unpaired) electrons. The Balaban J connectivity index is 1.94. The fraction of sp³-hybridized carbons (Fsp3) is 0.429. The first-order valence-electron chi connectivity index (χ1n) is 6.84. The van der Waals surface area contributed by atoms with Gasteiger partial charge in [-0.25, -0.2) is 9.59 Å². The van der Waals surface area contributed by atoms with Crippen LogP contribution in [0.1, 0.15) is 23.2 Å². The van der Waals surface area contributed by atoms with Crippen LogP contribution in [0, 0.1) is 0 Å². The molecule has 0 saturated carbocycles. The molecule has 1 aromatic carbocycles. The highest BCUT2D eigenvalue weighted by Crippen LogP contribution is 2.16. The Hall–Kier alpha value is -2.08. The van der Waals surface area contributed by atoms with Crippen LogP contribution in [-0.4, -0.2) is 45.2 Å². The van der Waals surface area contributed by atoms with Crippen molar-refractivity contribution < 1.29 is 9.90 Å². The van der Waals surface area contributed by atoms with Crippen molar-refractivity contribution in [2.45, 2.75) is 19.4 Å². The SMILES string of the molecule is O=C(O)c1cccc2c1[nH]c(=O)n2CCN1CCCC1. The van der Waals surface area contributed by atoms with Crippen molar-refractivity contribution in [3.63, 3.8) is 0 Å². The average Bonchev–Trinajstić information content (AvgIpc) is 3.02. The zero-order chi connectivity index (χ0) is 14.1. The van der Waals surface area contributed by atoms with Gasteiger partial charge in [0.15, 0.2) is 0 Å². The summed E-state index contributed by atoms with van der Waals surface area (Å²) in [6, 6.07) is 4.96. The van der Waals surface area contributed by atoms with Crippen LogP contribution < -0.4 is 5.69 Å².